The lowest BCUT2D eigenvalue weighted by molar-refractivity contribution is -0.437. The van der Waals surface area contributed by atoms with Gasteiger partial charge in [0.25, 0.3) is 0 Å². The van der Waals surface area contributed by atoms with Gasteiger partial charge in [0, 0.05) is 129 Å². The molecule has 4 amide bonds. The lowest BCUT2D eigenvalue weighted by atomic mass is 9.94. The van der Waals surface area contributed by atoms with Gasteiger partial charge in [0.2, 0.25) is 11.8 Å². The molecule has 9 heterocycles. The molecule has 75 heteroatoms. The van der Waals surface area contributed by atoms with Crippen molar-refractivity contribution in [3.05, 3.63) is 0 Å². The molecule has 9 saturated heterocycles. The number of unbranched alkanes of at least 4 members (excludes halogenated alkanes) is 3. The SMILES string of the molecule is COCC1O[C@@H](O[C@H]2C(OC)C(OC)[C@H](O[C@H]3C(OC)C(OC)[C@H](O[C@@H]4C(COS(=O)(=O)O)O[C@@H](O)C(OC)[C@H]4OC)O[C@H]3COC)O[C@H]2COC)C(OC)[C@@H](OC)[C@@H]1O[C@H]1OC(CNC(=O)CCCCCNC(=O)CCCCC2SCC3NC(=O)NC32)[C@@H](O[C@@H]2O[C@@H](COS(=O)(=O)O)[C@@H](O[C@H]3O[C@@H](COS(=O)(=O)O)[C@@H](OSOOO)C(OSOOO)C3OSOOO)C(OSOOO)C2OS(=O)(=O)O)[C@H](OC)C1OC. The molecule has 13 N–H and O–H groups in total. The number of ether oxygens (including phenoxy) is 26. The van der Waals surface area contributed by atoms with Crippen molar-refractivity contribution in [3.8, 4) is 0 Å². The maximum absolute atomic E-state index is 14.3. The molecule has 9 rings (SSSR count). The van der Waals surface area contributed by atoms with Gasteiger partial charge in [-0.1, -0.05) is 33.0 Å². The van der Waals surface area contributed by atoms with Crippen molar-refractivity contribution in [2.75, 3.05) is 151 Å². The van der Waals surface area contributed by atoms with E-state index in [1.165, 1.54) is 78.2 Å². The zero-order chi connectivity index (χ0) is 107. The summed E-state index contributed by atoms with van der Waals surface area (Å²) in [7, 11) is -5.83. The second-order valence-corrected chi connectivity index (χ2v) is 39.8. The highest BCUT2D eigenvalue weighted by Gasteiger charge is 2.63. The lowest BCUT2D eigenvalue weighted by Gasteiger charge is -2.52. The first-order valence-corrected chi connectivity index (χ1v) is 52.9. The summed E-state index contributed by atoms with van der Waals surface area (Å²) in [6, 6.07) is -0.153. The number of urea groups is 1. The topological polar surface area (TPSA) is 806 Å². The van der Waals surface area contributed by atoms with Crippen molar-refractivity contribution >= 4 is 120 Å². The maximum atomic E-state index is 14.3. The molecule has 0 aromatic carbocycles. The highest BCUT2D eigenvalue weighted by Crippen LogP contribution is 2.46. The third-order valence-corrected chi connectivity index (χ3v) is 28.8. The monoisotopic (exact) mass is 2310 g/mol. The van der Waals surface area contributed by atoms with E-state index in [-0.39, 0.29) is 105 Å². The number of aliphatic hydroxyl groups excluding tert-OH is 1. The van der Waals surface area contributed by atoms with Crippen molar-refractivity contribution in [3.63, 3.8) is 0 Å². The minimum atomic E-state index is -6.03. The van der Waals surface area contributed by atoms with Crippen LogP contribution in [0.2, 0.25) is 0 Å². The molecule has 854 valence electrons. The van der Waals surface area contributed by atoms with Crippen LogP contribution in [0, 0.1) is 0 Å². The molecule has 0 aliphatic carbocycles. The first-order chi connectivity index (χ1) is 69.8. The van der Waals surface area contributed by atoms with Crippen LogP contribution in [0.4, 0.5) is 4.79 Å². The standard InChI is InChI=1S/C71H124N4O62S9/c1-96-24-33-44(52(101-6)59(106-11)66(114-33)121-45-34(25-97-2)115-67(60(107-12)53(45)102-7)122-46-35(26-98-3)116-68(61(108-13)54(46)103-8)123-47-36(27-109-143(84,85)86)112-64(78)57(104-9)50(47)99-4)120-65-58(105-10)51(100-5)43(32(113-65)23-73-41(77)20-15-14-18-22-72-40(76)21-17-16-19-39-42-31(30-138-39)74-71(79)75-42)119-70-63(129-146(93,94)95)55(126-140-135-131-81)48(37(117-70)28-110-144(87,88)89)124-69-62(128-142-137-133-83)56(127-141-136-132-82)49(125-139-134-130-80)38(118-69)29-111-145(90,91)92/h31-39,42-70,78,80-83H,14-30H2,1-13H3,(H,72,76)(H,73,77)(H2,74,75,79)(H,84,85,86)(H,87,88,89)(H,90,91,92)(H,93,94,95)/t31?,32?,33?,34-,35-,36?,37-,38-,39?,42?,43+,44+,45+,46+,47+,48+,49+,50-,51-,52-,53?,54?,55?,56?,57?,58?,59?,60?,61?,62?,63?,64+,65+,66-,67-,68-,69+,70-/m0/s1. The van der Waals surface area contributed by atoms with Gasteiger partial charge in [-0.2, -0.15) is 45.4 Å². The third kappa shape index (κ3) is 36.9. The molecule has 38 atom stereocenters. The van der Waals surface area contributed by atoms with Crippen LogP contribution in [-0.2, 0) is 245 Å². The van der Waals surface area contributed by atoms with Gasteiger partial charge in [-0.25, -0.2) is 42.6 Å². The average molecular weight is 2310 g/mol. The van der Waals surface area contributed by atoms with E-state index in [1.54, 1.807) is 11.8 Å². The summed E-state index contributed by atoms with van der Waals surface area (Å²) in [5, 5.41) is 73.8. The van der Waals surface area contributed by atoms with Gasteiger partial charge >= 0.3 is 47.6 Å². The molecule has 17 unspecified atom stereocenters. The summed E-state index contributed by atoms with van der Waals surface area (Å²) >= 11 is 0.420. The van der Waals surface area contributed by atoms with E-state index in [0.29, 0.717) is 19.3 Å². The Labute approximate surface area is 858 Å². The Morgan fingerprint density at radius 1 is 0.356 bits per heavy atom. The molecule has 9 aliphatic rings. The second kappa shape index (κ2) is 63.3. The molecule has 0 saturated carbocycles. The fraction of sp³-hybridized carbons (Fsp3) is 0.958. The molecule has 0 aromatic rings. The summed E-state index contributed by atoms with van der Waals surface area (Å²) in [5.41, 5.74) is 0. The highest BCUT2D eigenvalue weighted by atomic mass is 32.3. The van der Waals surface area contributed by atoms with E-state index in [2.05, 4.69) is 67.1 Å². The summed E-state index contributed by atoms with van der Waals surface area (Å²) in [6.45, 7) is -5.29. The number of hydrogen-bond donors (Lipinski definition) is 13. The molecular weight excluding hydrogens is 2190 g/mol. The first kappa shape index (κ1) is 127. The number of carbonyl (C=O) groups excluding carboxylic acids is 3. The van der Waals surface area contributed by atoms with Gasteiger partial charge in [0.1, 0.15) is 159 Å². The van der Waals surface area contributed by atoms with Crippen molar-refractivity contribution in [1.82, 2.24) is 21.3 Å². The summed E-state index contributed by atoms with van der Waals surface area (Å²) in [4.78, 5) is 39.2. The second-order valence-electron chi connectivity index (χ2n) is 32.3. The number of methoxy groups -OCH3 is 13. The van der Waals surface area contributed by atoms with Crippen LogP contribution in [-0.4, -0.2) is 479 Å². The Kier molecular flexibility index (Phi) is 55.2. The predicted octanol–water partition coefficient (Wildman–Crippen LogP) is -2.90. The minimum absolute atomic E-state index is 0.00774. The smallest absolute Gasteiger partial charge is 0.382 e. The highest BCUT2D eigenvalue weighted by molar-refractivity contribution is 8.00. The molecule has 0 spiro atoms. The Hall–Kier alpha value is -2.28. The van der Waals surface area contributed by atoms with E-state index < -0.39 is 308 Å². The molecule has 9 fully saturated rings. The zero-order valence-corrected chi connectivity index (χ0v) is 87.1. The molecular formula is C71H124N4O62S9. The van der Waals surface area contributed by atoms with Crippen LogP contribution in [0.15, 0.2) is 0 Å². The van der Waals surface area contributed by atoms with Gasteiger partial charge in [0.15, 0.2) is 106 Å². The van der Waals surface area contributed by atoms with E-state index in [1.807, 2.05) is 0 Å². The van der Waals surface area contributed by atoms with Crippen LogP contribution in [0.5, 0.6) is 0 Å². The van der Waals surface area contributed by atoms with Crippen LogP contribution in [0.3, 0.4) is 0 Å². The number of nitrogens with one attached hydrogen (secondary N) is 4. The van der Waals surface area contributed by atoms with E-state index >= 15 is 0 Å². The van der Waals surface area contributed by atoms with Gasteiger partial charge < -0.3 is 150 Å². The summed E-state index contributed by atoms with van der Waals surface area (Å²) in [6.07, 6.45) is -57.3. The third-order valence-electron chi connectivity index (χ3n) is 23.8. The normalized spacial score (nSPS) is 36.8. The zero-order valence-electron chi connectivity index (χ0n) is 79.8. The Morgan fingerprint density at radius 2 is 0.671 bits per heavy atom. The molecule has 0 aromatic heterocycles. The lowest BCUT2D eigenvalue weighted by Crippen LogP contribution is -2.69. The largest absolute Gasteiger partial charge is 0.397 e. The number of thioether (sulfide) groups is 1. The molecule has 146 heavy (non-hydrogen) atoms. The molecule has 0 radical (unpaired) electrons. The van der Waals surface area contributed by atoms with E-state index in [4.69, 9.17) is 159 Å². The van der Waals surface area contributed by atoms with Gasteiger partial charge in [-0.15, -0.1) is 17.3 Å². The summed E-state index contributed by atoms with van der Waals surface area (Å²) < 4.78 is 363. The van der Waals surface area contributed by atoms with Crippen LogP contribution >= 0.6 is 61.1 Å². The molecule has 0 bridgehead atoms. The van der Waals surface area contributed by atoms with E-state index in [0.717, 1.165) is 32.8 Å². The van der Waals surface area contributed by atoms with Gasteiger partial charge in [-0.05, 0) is 25.7 Å². The number of hydrogen-bond acceptors (Lipinski definition) is 63. The fourth-order valence-corrected chi connectivity index (χ4v) is 22.1. The van der Waals surface area contributed by atoms with Crippen molar-refractivity contribution in [2.45, 2.75) is 284 Å². The minimum Gasteiger partial charge on any atom is -0.382 e. The quantitative estimate of drug-likeness (QED) is 0.00725. The molecule has 9 aliphatic heterocycles. The van der Waals surface area contributed by atoms with Crippen LogP contribution in [0.1, 0.15) is 51.4 Å². The summed E-state index contributed by atoms with van der Waals surface area (Å²) in [5.74, 6) is -0.0900. The Balaban J connectivity index is 1.03. The fourth-order valence-electron chi connectivity index (χ4n) is 17.7. The maximum Gasteiger partial charge on any atom is 0.397 e. The number of rotatable bonds is 68. The number of amides is 4. The van der Waals surface area contributed by atoms with Crippen molar-refractivity contribution in [1.29, 1.82) is 0 Å². The van der Waals surface area contributed by atoms with E-state index in [9.17, 15) is 81.9 Å². The Bertz CT molecular complexity index is 4260. The van der Waals surface area contributed by atoms with Crippen LogP contribution < -0.4 is 21.3 Å². The first-order valence-electron chi connectivity index (χ1n) is 43.7. The van der Waals surface area contributed by atoms with Gasteiger partial charge in [-0.3, -0.25) is 44.5 Å². The number of carbonyl (C=O) groups is 3. The predicted molar refractivity (Wildman–Crippen MR) is 472 cm³/mol. The van der Waals surface area contributed by atoms with Crippen molar-refractivity contribution in [2.24, 2.45) is 0 Å². The average Bonchev–Trinajstić information content (AvgIpc) is 0.860. The van der Waals surface area contributed by atoms with Crippen LogP contribution in [0.25, 0.3) is 0 Å². The van der Waals surface area contributed by atoms with Crippen molar-refractivity contribution < 1.29 is 287 Å². The Morgan fingerprint density at radius 3 is 1.05 bits per heavy atom. The molecule has 66 nitrogen and oxygen atoms in total. The number of fused-ring (bicyclic) bond motifs is 1. The number of aliphatic hydroxyl groups is 1. The van der Waals surface area contributed by atoms with Gasteiger partial charge in [0.05, 0.1) is 51.7 Å².